The highest BCUT2D eigenvalue weighted by Gasteiger charge is 2.33. The third kappa shape index (κ3) is 3.70. The summed E-state index contributed by atoms with van der Waals surface area (Å²) in [7, 11) is 0. The first kappa shape index (κ1) is 15.0. The van der Waals surface area contributed by atoms with Crippen molar-refractivity contribution in [3.63, 3.8) is 0 Å². The number of amides is 1. The molecule has 0 saturated carbocycles. The van der Waals surface area contributed by atoms with Crippen LogP contribution in [0.3, 0.4) is 0 Å². The van der Waals surface area contributed by atoms with Crippen LogP contribution in [0.1, 0.15) is 33.6 Å². The van der Waals surface area contributed by atoms with Crippen molar-refractivity contribution in [1.29, 1.82) is 0 Å². The Bertz CT molecular complexity index is 303. The summed E-state index contributed by atoms with van der Waals surface area (Å²) < 4.78 is 0. The van der Waals surface area contributed by atoms with Crippen LogP contribution in [0.2, 0.25) is 0 Å². The van der Waals surface area contributed by atoms with Crippen molar-refractivity contribution < 1.29 is 14.7 Å². The lowest BCUT2D eigenvalue weighted by atomic mass is 9.92. The number of likely N-dealkylation sites (N-methyl/N-ethyl adjacent to an activating group) is 1. The molecule has 1 aliphatic heterocycles. The van der Waals surface area contributed by atoms with Crippen LogP contribution in [-0.2, 0) is 9.59 Å². The second-order valence-electron chi connectivity index (χ2n) is 5.02. The first-order valence-electron chi connectivity index (χ1n) is 6.74. The Balaban J connectivity index is 2.63. The molecular weight excluding hydrogens is 232 g/mol. The summed E-state index contributed by atoms with van der Waals surface area (Å²) in [6.45, 7) is 8.23. The maximum Gasteiger partial charge on any atom is 0.320 e. The third-order valence-corrected chi connectivity index (χ3v) is 3.72. The number of carboxylic acids is 1. The van der Waals surface area contributed by atoms with Crippen LogP contribution in [-0.4, -0.2) is 59.0 Å². The van der Waals surface area contributed by atoms with Crippen molar-refractivity contribution in [3.8, 4) is 0 Å². The molecule has 1 aliphatic rings. The number of carbonyl (C=O) groups excluding carboxylic acids is 1. The summed E-state index contributed by atoms with van der Waals surface area (Å²) >= 11 is 0. The predicted molar refractivity (Wildman–Crippen MR) is 69.3 cm³/mol. The Labute approximate surface area is 109 Å². The van der Waals surface area contributed by atoms with Gasteiger partial charge < -0.3 is 10.0 Å². The molecule has 1 rings (SSSR count). The summed E-state index contributed by atoms with van der Waals surface area (Å²) in [5.41, 5.74) is 0. The molecule has 1 fully saturated rings. The van der Waals surface area contributed by atoms with Gasteiger partial charge in [0.25, 0.3) is 0 Å². The molecule has 0 aromatic carbocycles. The van der Waals surface area contributed by atoms with Crippen LogP contribution in [0.4, 0.5) is 0 Å². The van der Waals surface area contributed by atoms with Gasteiger partial charge >= 0.3 is 5.97 Å². The molecule has 2 unspecified atom stereocenters. The monoisotopic (exact) mass is 256 g/mol. The summed E-state index contributed by atoms with van der Waals surface area (Å²) in [5.74, 6) is -0.361. The van der Waals surface area contributed by atoms with Crippen molar-refractivity contribution >= 4 is 11.9 Å². The van der Waals surface area contributed by atoms with Crippen molar-refractivity contribution in [2.24, 2.45) is 5.92 Å². The smallest absolute Gasteiger partial charge is 0.320 e. The van der Waals surface area contributed by atoms with Gasteiger partial charge in [0.15, 0.2) is 0 Å². The Morgan fingerprint density at radius 2 is 1.94 bits per heavy atom. The van der Waals surface area contributed by atoms with Crippen LogP contribution in [0.15, 0.2) is 0 Å². The van der Waals surface area contributed by atoms with Crippen molar-refractivity contribution in [1.82, 2.24) is 9.80 Å². The summed E-state index contributed by atoms with van der Waals surface area (Å²) in [6.07, 6.45) is 1.61. The Hall–Kier alpha value is -1.10. The highest BCUT2D eigenvalue weighted by atomic mass is 16.4. The lowest BCUT2D eigenvalue weighted by Gasteiger charge is -2.36. The molecule has 5 nitrogen and oxygen atoms in total. The number of likely N-dealkylation sites (tertiary alicyclic amines) is 1. The van der Waals surface area contributed by atoms with Gasteiger partial charge in [0.05, 0.1) is 6.54 Å². The van der Waals surface area contributed by atoms with Crippen LogP contribution >= 0.6 is 0 Å². The SMILES string of the molecule is CCN(CC)C(=O)CN1CCC(C)CC1C(=O)O. The lowest BCUT2D eigenvalue weighted by Crippen LogP contribution is -2.51. The molecule has 0 spiro atoms. The fourth-order valence-electron chi connectivity index (χ4n) is 2.49. The second-order valence-corrected chi connectivity index (χ2v) is 5.02. The normalized spacial score (nSPS) is 24.8. The summed E-state index contributed by atoms with van der Waals surface area (Å²) in [4.78, 5) is 26.8. The molecule has 18 heavy (non-hydrogen) atoms. The first-order valence-corrected chi connectivity index (χ1v) is 6.74. The van der Waals surface area contributed by atoms with Gasteiger partial charge in [0.1, 0.15) is 6.04 Å². The van der Waals surface area contributed by atoms with E-state index in [1.807, 2.05) is 18.7 Å². The van der Waals surface area contributed by atoms with Crippen molar-refractivity contribution in [3.05, 3.63) is 0 Å². The molecule has 104 valence electrons. The highest BCUT2D eigenvalue weighted by molar-refractivity contribution is 5.80. The average molecular weight is 256 g/mol. The number of nitrogens with zero attached hydrogens (tertiary/aromatic N) is 2. The molecule has 0 aromatic heterocycles. The Morgan fingerprint density at radius 3 is 2.44 bits per heavy atom. The quantitative estimate of drug-likeness (QED) is 0.798. The number of carbonyl (C=O) groups is 2. The maximum atomic E-state index is 12.0. The van der Waals surface area contributed by atoms with Crippen LogP contribution < -0.4 is 0 Å². The Kier molecular flexibility index (Phi) is 5.59. The molecular formula is C13H24N2O3. The van der Waals surface area contributed by atoms with Gasteiger partial charge in [-0.2, -0.15) is 0 Å². The van der Waals surface area contributed by atoms with Crippen LogP contribution in [0, 0.1) is 5.92 Å². The molecule has 0 aliphatic carbocycles. The van der Waals surface area contributed by atoms with Crippen molar-refractivity contribution in [2.75, 3.05) is 26.2 Å². The molecule has 1 saturated heterocycles. The standard InChI is InChI=1S/C13H24N2O3/c1-4-14(5-2)12(16)9-15-7-6-10(3)8-11(15)13(17)18/h10-11H,4-9H2,1-3H3,(H,17,18). The van der Waals surface area contributed by atoms with E-state index >= 15 is 0 Å². The fourth-order valence-corrected chi connectivity index (χ4v) is 2.49. The van der Waals surface area contributed by atoms with E-state index in [0.29, 0.717) is 32.0 Å². The minimum absolute atomic E-state index is 0.0285. The summed E-state index contributed by atoms with van der Waals surface area (Å²) in [5, 5.41) is 9.23. The van der Waals surface area contributed by atoms with E-state index in [0.717, 1.165) is 6.42 Å². The molecule has 0 aromatic rings. The maximum absolute atomic E-state index is 12.0. The highest BCUT2D eigenvalue weighted by Crippen LogP contribution is 2.22. The van der Waals surface area contributed by atoms with Gasteiger partial charge in [-0.1, -0.05) is 6.92 Å². The largest absolute Gasteiger partial charge is 0.480 e. The van der Waals surface area contributed by atoms with Gasteiger partial charge in [-0.3, -0.25) is 14.5 Å². The molecule has 1 heterocycles. The zero-order chi connectivity index (χ0) is 13.7. The van der Waals surface area contributed by atoms with E-state index in [1.165, 1.54) is 0 Å². The molecule has 0 bridgehead atoms. The van der Waals surface area contributed by atoms with E-state index in [-0.39, 0.29) is 12.5 Å². The minimum Gasteiger partial charge on any atom is -0.480 e. The number of aliphatic carboxylic acids is 1. The molecule has 5 heteroatoms. The van der Waals surface area contributed by atoms with Gasteiger partial charge in [-0.15, -0.1) is 0 Å². The van der Waals surface area contributed by atoms with E-state index in [9.17, 15) is 14.7 Å². The third-order valence-electron chi connectivity index (χ3n) is 3.72. The van der Waals surface area contributed by atoms with Gasteiger partial charge in [-0.25, -0.2) is 0 Å². The molecule has 1 amide bonds. The molecule has 0 radical (unpaired) electrons. The number of hydrogen-bond donors (Lipinski definition) is 1. The van der Waals surface area contributed by atoms with E-state index in [2.05, 4.69) is 6.92 Å². The summed E-state index contributed by atoms with van der Waals surface area (Å²) in [6, 6.07) is -0.506. The van der Waals surface area contributed by atoms with Gasteiger partial charge in [0, 0.05) is 13.1 Å². The lowest BCUT2D eigenvalue weighted by molar-refractivity contribution is -0.147. The van der Waals surface area contributed by atoms with E-state index < -0.39 is 12.0 Å². The van der Waals surface area contributed by atoms with E-state index in [1.54, 1.807) is 4.90 Å². The molecule has 1 N–H and O–H groups in total. The van der Waals surface area contributed by atoms with Crippen LogP contribution in [0.25, 0.3) is 0 Å². The number of carboxylic acid groups (broad SMARTS) is 1. The number of hydrogen-bond acceptors (Lipinski definition) is 3. The van der Waals surface area contributed by atoms with Crippen molar-refractivity contribution in [2.45, 2.75) is 39.7 Å². The van der Waals surface area contributed by atoms with Crippen LogP contribution in [0.5, 0.6) is 0 Å². The second kappa shape index (κ2) is 6.73. The molecule has 2 atom stereocenters. The average Bonchev–Trinajstić information content (AvgIpc) is 2.32. The first-order chi connectivity index (χ1) is 8.49. The zero-order valence-electron chi connectivity index (χ0n) is 11.6. The number of rotatable bonds is 5. The zero-order valence-corrected chi connectivity index (χ0v) is 11.6. The Morgan fingerprint density at radius 1 is 1.33 bits per heavy atom. The fraction of sp³-hybridized carbons (Fsp3) is 0.846. The number of piperidine rings is 1. The predicted octanol–water partition coefficient (Wildman–Crippen LogP) is 1.04. The van der Waals surface area contributed by atoms with Gasteiger partial charge in [0.2, 0.25) is 5.91 Å². The van der Waals surface area contributed by atoms with E-state index in [4.69, 9.17) is 0 Å². The minimum atomic E-state index is -0.811. The topological polar surface area (TPSA) is 60.9 Å². The van der Waals surface area contributed by atoms with Gasteiger partial charge in [-0.05, 0) is 39.2 Å².